The summed E-state index contributed by atoms with van der Waals surface area (Å²) in [5, 5.41) is 6.15. The lowest BCUT2D eigenvalue weighted by molar-refractivity contribution is 0.271. The van der Waals surface area contributed by atoms with E-state index in [4.69, 9.17) is 32.7 Å². The molecule has 1 saturated heterocycles. The van der Waals surface area contributed by atoms with E-state index in [-0.39, 0.29) is 0 Å². The van der Waals surface area contributed by atoms with Gasteiger partial charge in [-0.3, -0.25) is 0 Å². The quantitative estimate of drug-likeness (QED) is 0.288. The fourth-order valence-corrected chi connectivity index (χ4v) is 5.32. The minimum atomic E-state index is 0.431. The molecule has 9 heteroatoms. The van der Waals surface area contributed by atoms with E-state index in [0.29, 0.717) is 32.9 Å². The topological polar surface area (TPSA) is 62.8 Å². The SMILES string of the molecule is CCN1CCN(c2ccc(Nc3cc4cc(-c5c(Cl)c(OC)cc(OC)c5Cl)ccc4cn3)nc2)CC1. The summed E-state index contributed by atoms with van der Waals surface area (Å²) in [4.78, 5) is 14.0. The van der Waals surface area contributed by atoms with Crippen LogP contribution in [0.3, 0.4) is 0 Å². The van der Waals surface area contributed by atoms with Crippen molar-refractivity contribution in [2.24, 2.45) is 0 Å². The molecule has 0 bridgehead atoms. The first-order chi connectivity index (χ1) is 18.0. The van der Waals surface area contributed by atoms with Crippen LogP contribution in [0.5, 0.6) is 11.5 Å². The van der Waals surface area contributed by atoms with Crippen LogP contribution < -0.4 is 19.7 Å². The summed E-state index contributed by atoms with van der Waals surface area (Å²) in [6, 6.07) is 13.8. The first kappa shape index (κ1) is 25.4. The van der Waals surface area contributed by atoms with Gasteiger partial charge in [-0.15, -0.1) is 0 Å². The number of rotatable bonds is 7. The molecule has 1 aliphatic heterocycles. The second-order valence-corrected chi connectivity index (χ2v) is 9.62. The van der Waals surface area contributed by atoms with Crippen molar-refractivity contribution in [1.82, 2.24) is 14.9 Å². The number of hydrogen-bond donors (Lipinski definition) is 1. The van der Waals surface area contributed by atoms with Crippen molar-refractivity contribution in [3.63, 3.8) is 0 Å². The molecule has 5 rings (SSSR count). The molecule has 7 nitrogen and oxygen atoms in total. The van der Waals surface area contributed by atoms with Gasteiger partial charge in [0.05, 0.1) is 36.1 Å². The first-order valence-electron chi connectivity index (χ1n) is 12.2. The van der Waals surface area contributed by atoms with Gasteiger partial charge < -0.3 is 24.6 Å². The third kappa shape index (κ3) is 5.25. The number of nitrogens with zero attached hydrogens (tertiary/aromatic N) is 4. The Bertz CT molecular complexity index is 1380. The van der Waals surface area contributed by atoms with Crippen LogP contribution in [0.25, 0.3) is 21.9 Å². The van der Waals surface area contributed by atoms with E-state index in [1.54, 1.807) is 20.3 Å². The molecule has 0 atom stereocenters. The highest BCUT2D eigenvalue weighted by atomic mass is 35.5. The van der Waals surface area contributed by atoms with Crippen LogP contribution in [0.2, 0.25) is 10.0 Å². The van der Waals surface area contributed by atoms with Gasteiger partial charge in [0.25, 0.3) is 0 Å². The van der Waals surface area contributed by atoms with Gasteiger partial charge in [-0.05, 0) is 41.8 Å². The normalized spacial score (nSPS) is 14.1. The van der Waals surface area contributed by atoms with Crippen LogP contribution in [-0.4, -0.2) is 61.8 Å². The number of anilines is 3. The van der Waals surface area contributed by atoms with E-state index in [9.17, 15) is 0 Å². The average Bonchev–Trinajstić information content (AvgIpc) is 2.93. The van der Waals surface area contributed by atoms with Crippen molar-refractivity contribution >= 4 is 51.3 Å². The number of benzene rings is 2. The van der Waals surface area contributed by atoms with Gasteiger partial charge in [0.15, 0.2) is 0 Å². The summed E-state index contributed by atoms with van der Waals surface area (Å²) in [6.07, 6.45) is 3.75. The molecule has 0 spiro atoms. The Morgan fingerprint density at radius 3 is 2.14 bits per heavy atom. The Labute approximate surface area is 226 Å². The van der Waals surface area contributed by atoms with Gasteiger partial charge in [-0.2, -0.15) is 0 Å². The second kappa shape index (κ2) is 11.0. The van der Waals surface area contributed by atoms with Gasteiger partial charge in [0, 0.05) is 49.4 Å². The Hall–Kier alpha value is -3.26. The second-order valence-electron chi connectivity index (χ2n) is 8.86. The number of nitrogens with one attached hydrogen (secondary N) is 1. The minimum absolute atomic E-state index is 0.431. The predicted octanol–water partition coefficient (Wildman–Crippen LogP) is 6.51. The minimum Gasteiger partial charge on any atom is -0.495 e. The van der Waals surface area contributed by atoms with Crippen LogP contribution in [0.15, 0.2) is 54.9 Å². The lowest BCUT2D eigenvalue weighted by Crippen LogP contribution is -2.46. The molecule has 0 radical (unpaired) electrons. The number of methoxy groups -OCH3 is 2. The van der Waals surface area contributed by atoms with Crippen molar-refractivity contribution in [1.29, 1.82) is 0 Å². The molecule has 0 amide bonds. The highest BCUT2D eigenvalue weighted by Crippen LogP contribution is 2.46. The Morgan fingerprint density at radius 1 is 0.811 bits per heavy atom. The third-order valence-corrected chi connectivity index (χ3v) is 7.52. The number of ether oxygens (including phenoxy) is 2. The van der Waals surface area contributed by atoms with Crippen molar-refractivity contribution < 1.29 is 9.47 Å². The molecule has 192 valence electrons. The van der Waals surface area contributed by atoms with Crippen LogP contribution in [0.4, 0.5) is 17.3 Å². The monoisotopic (exact) mass is 537 g/mol. The summed E-state index contributed by atoms with van der Waals surface area (Å²) >= 11 is 13.3. The molecule has 4 aromatic rings. The standard InChI is InChI=1S/C28H29Cl2N5O2/c1-4-34-9-11-35(12-10-34)21-7-8-24(32-17-21)33-25-14-20-13-18(5-6-19(20)16-31-25)26-27(29)22(36-2)15-23(37-3)28(26)30/h5-8,13-17H,4,9-12H2,1-3H3,(H,31,32,33). The zero-order valence-electron chi connectivity index (χ0n) is 21.1. The molecule has 1 fully saturated rings. The van der Waals surface area contributed by atoms with Gasteiger partial charge >= 0.3 is 0 Å². The van der Waals surface area contributed by atoms with Gasteiger partial charge in [-0.25, -0.2) is 9.97 Å². The van der Waals surface area contributed by atoms with Crippen molar-refractivity contribution in [2.45, 2.75) is 6.92 Å². The molecule has 0 unspecified atom stereocenters. The molecule has 1 aliphatic rings. The van der Waals surface area contributed by atoms with E-state index in [2.05, 4.69) is 38.1 Å². The molecule has 1 N–H and O–H groups in total. The number of fused-ring (bicyclic) bond motifs is 1. The number of pyridine rings is 2. The van der Waals surface area contributed by atoms with Gasteiger partial charge in [0.1, 0.15) is 23.1 Å². The molecular weight excluding hydrogens is 509 g/mol. The van der Waals surface area contributed by atoms with E-state index in [1.807, 2.05) is 42.7 Å². The summed E-state index contributed by atoms with van der Waals surface area (Å²) < 4.78 is 10.9. The lowest BCUT2D eigenvalue weighted by atomic mass is 10.0. The van der Waals surface area contributed by atoms with E-state index < -0.39 is 0 Å². The highest BCUT2D eigenvalue weighted by molar-refractivity contribution is 6.41. The van der Waals surface area contributed by atoms with Crippen molar-refractivity contribution in [3.05, 3.63) is 64.9 Å². The zero-order chi connectivity index (χ0) is 25.9. The van der Waals surface area contributed by atoms with Crippen LogP contribution in [-0.2, 0) is 0 Å². The van der Waals surface area contributed by atoms with E-state index >= 15 is 0 Å². The maximum atomic E-state index is 6.65. The summed E-state index contributed by atoms with van der Waals surface area (Å²) in [7, 11) is 3.13. The third-order valence-electron chi connectivity index (χ3n) is 6.77. The Morgan fingerprint density at radius 2 is 1.51 bits per heavy atom. The number of piperazine rings is 1. The van der Waals surface area contributed by atoms with E-state index in [1.165, 1.54) is 0 Å². The molecule has 0 saturated carbocycles. The molecule has 3 heterocycles. The molecule has 37 heavy (non-hydrogen) atoms. The molecule has 0 aliphatic carbocycles. The van der Waals surface area contributed by atoms with Gasteiger partial charge in [-0.1, -0.05) is 42.3 Å². The van der Waals surface area contributed by atoms with Crippen LogP contribution >= 0.6 is 23.2 Å². The Kier molecular flexibility index (Phi) is 7.55. The summed E-state index contributed by atoms with van der Waals surface area (Å²) in [5.74, 6) is 2.43. The van der Waals surface area contributed by atoms with Gasteiger partial charge in [0.2, 0.25) is 0 Å². The summed E-state index contributed by atoms with van der Waals surface area (Å²) in [5.41, 5.74) is 2.65. The highest BCUT2D eigenvalue weighted by Gasteiger charge is 2.19. The average molecular weight is 538 g/mol. The Balaban J connectivity index is 1.39. The van der Waals surface area contributed by atoms with Crippen molar-refractivity contribution in [2.75, 3.05) is 57.2 Å². The number of likely N-dealkylation sites (N-methyl/N-ethyl adjacent to an activating group) is 1. The first-order valence-corrected chi connectivity index (χ1v) is 13.0. The molecular formula is C28H29Cl2N5O2. The zero-order valence-corrected chi connectivity index (χ0v) is 22.6. The predicted molar refractivity (Wildman–Crippen MR) is 152 cm³/mol. The van der Waals surface area contributed by atoms with Crippen LogP contribution in [0, 0.1) is 0 Å². The lowest BCUT2D eigenvalue weighted by Gasteiger charge is -2.35. The van der Waals surface area contributed by atoms with Crippen molar-refractivity contribution in [3.8, 4) is 22.6 Å². The smallest absolute Gasteiger partial charge is 0.141 e. The molecule has 2 aromatic carbocycles. The van der Waals surface area contributed by atoms with Crippen LogP contribution in [0.1, 0.15) is 6.92 Å². The number of halogens is 2. The fraction of sp³-hybridized carbons (Fsp3) is 0.286. The fourth-order valence-electron chi connectivity index (χ4n) is 4.60. The number of hydrogen-bond acceptors (Lipinski definition) is 7. The maximum Gasteiger partial charge on any atom is 0.141 e. The maximum absolute atomic E-state index is 6.65. The summed E-state index contributed by atoms with van der Waals surface area (Å²) in [6.45, 7) is 7.51. The number of aromatic nitrogens is 2. The molecule has 2 aromatic heterocycles. The largest absolute Gasteiger partial charge is 0.495 e. The van der Waals surface area contributed by atoms with E-state index in [0.717, 1.165) is 60.6 Å².